The average molecular weight is 355 g/mol. The Labute approximate surface area is 153 Å². The maximum atomic E-state index is 13.0. The number of carbonyl (C=O) groups is 2. The minimum absolute atomic E-state index is 0.0886. The lowest BCUT2D eigenvalue weighted by Crippen LogP contribution is -2.35. The molecule has 2 amide bonds. The van der Waals surface area contributed by atoms with Crippen LogP contribution in [-0.2, 0) is 18.4 Å². The van der Waals surface area contributed by atoms with Crippen LogP contribution in [0.25, 0.3) is 0 Å². The summed E-state index contributed by atoms with van der Waals surface area (Å²) in [4.78, 5) is 26.3. The third kappa shape index (κ3) is 3.77. The quantitative estimate of drug-likeness (QED) is 0.829. The van der Waals surface area contributed by atoms with Crippen molar-refractivity contribution in [3.8, 4) is 0 Å². The summed E-state index contributed by atoms with van der Waals surface area (Å²) >= 11 is 0. The molecule has 2 heterocycles. The van der Waals surface area contributed by atoms with Gasteiger partial charge in [0, 0.05) is 58.5 Å². The van der Waals surface area contributed by atoms with Crippen LogP contribution in [0, 0.1) is 5.92 Å². The molecule has 0 spiro atoms. The second-order valence-electron chi connectivity index (χ2n) is 6.79. The van der Waals surface area contributed by atoms with E-state index >= 15 is 0 Å². The predicted molar refractivity (Wildman–Crippen MR) is 98.6 cm³/mol. The molecule has 7 nitrogen and oxygen atoms in total. The fourth-order valence-corrected chi connectivity index (χ4v) is 3.46. The summed E-state index contributed by atoms with van der Waals surface area (Å²) in [7, 11) is 5.32. The number of hydrogen-bond donors (Lipinski definition) is 2. The Hall–Kier alpha value is -2.67. The van der Waals surface area contributed by atoms with Crippen molar-refractivity contribution in [3.63, 3.8) is 0 Å². The molecule has 1 aliphatic heterocycles. The molecule has 1 aromatic carbocycles. The van der Waals surface area contributed by atoms with E-state index < -0.39 is 0 Å². The Morgan fingerprint density at radius 1 is 1.31 bits per heavy atom. The van der Waals surface area contributed by atoms with Gasteiger partial charge in [0.25, 0.3) is 5.91 Å². The summed E-state index contributed by atoms with van der Waals surface area (Å²) < 4.78 is 1.77. The lowest BCUT2D eigenvalue weighted by Gasteiger charge is -2.24. The van der Waals surface area contributed by atoms with Crippen LogP contribution in [0.3, 0.4) is 0 Å². The van der Waals surface area contributed by atoms with Crippen LogP contribution in [0.4, 0.5) is 0 Å². The molecule has 3 rings (SSSR count). The van der Waals surface area contributed by atoms with E-state index in [-0.39, 0.29) is 23.7 Å². The molecule has 0 radical (unpaired) electrons. The van der Waals surface area contributed by atoms with Crippen LogP contribution >= 0.6 is 0 Å². The van der Waals surface area contributed by atoms with E-state index in [2.05, 4.69) is 15.7 Å². The lowest BCUT2D eigenvalue weighted by atomic mass is 9.90. The SMILES string of the molecule is CNC(=O)c1ccc(CN(C)C(=O)[C@H]2CNC[C@@H]2c2cnn(C)c2)cc1. The van der Waals surface area contributed by atoms with Crippen LogP contribution in [0.5, 0.6) is 0 Å². The Bertz CT molecular complexity index is 783. The molecular weight excluding hydrogens is 330 g/mol. The molecular formula is C19H25N5O2. The Balaban J connectivity index is 1.66. The van der Waals surface area contributed by atoms with E-state index in [1.807, 2.05) is 38.6 Å². The van der Waals surface area contributed by atoms with Gasteiger partial charge in [0.2, 0.25) is 5.91 Å². The van der Waals surface area contributed by atoms with Crippen LogP contribution < -0.4 is 10.6 Å². The zero-order chi connectivity index (χ0) is 18.7. The number of amides is 2. The van der Waals surface area contributed by atoms with Gasteiger partial charge in [-0.3, -0.25) is 14.3 Å². The lowest BCUT2D eigenvalue weighted by molar-refractivity contribution is -0.134. The van der Waals surface area contributed by atoms with E-state index in [1.165, 1.54) is 0 Å². The van der Waals surface area contributed by atoms with Gasteiger partial charge in [0.1, 0.15) is 0 Å². The normalized spacial score (nSPS) is 19.3. The molecule has 26 heavy (non-hydrogen) atoms. The molecule has 1 aliphatic rings. The molecule has 0 unspecified atom stereocenters. The Kier molecular flexibility index (Phi) is 5.37. The van der Waals surface area contributed by atoms with Gasteiger partial charge in [-0.25, -0.2) is 0 Å². The monoisotopic (exact) mass is 355 g/mol. The summed E-state index contributed by atoms with van der Waals surface area (Å²) in [6.45, 7) is 1.98. The van der Waals surface area contributed by atoms with Crippen molar-refractivity contribution in [3.05, 3.63) is 53.3 Å². The fraction of sp³-hybridized carbons (Fsp3) is 0.421. The van der Waals surface area contributed by atoms with Crippen LogP contribution in [0.15, 0.2) is 36.7 Å². The number of nitrogens with zero attached hydrogens (tertiary/aromatic N) is 3. The van der Waals surface area contributed by atoms with E-state index in [4.69, 9.17) is 0 Å². The molecule has 2 N–H and O–H groups in total. The second kappa shape index (κ2) is 7.70. The summed E-state index contributed by atoms with van der Waals surface area (Å²) in [6, 6.07) is 7.34. The summed E-state index contributed by atoms with van der Waals surface area (Å²) in [5, 5.41) is 10.2. The van der Waals surface area contributed by atoms with Crippen molar-refractivity contribution >= 4 is 11.8 Å². The van der Waals surface area contributed by atoms with Crippen LogP contribution in [0.1, 0.15) is 27.4 Å². The molecule has 0 bridgehead atoms. The molecule has 7 heteroatoms. The molecule has 1 fully saturated rings. The van der Waals surface area contributed by atoms with Gasteiger partial charge in [-0.15, -0.1) is 0 Å². The maximum Gasteiger partial charge on any atom is 0.251 e. The Morgan fingerprint density at radius 3 is 2.65 bits per heavy atom. The second-order valence-corrected chi connectivity index (χ2v) is 6.79. The zero-order valence-electron chi connectivity index (χ0n) is 15.4. The summed E-state index contributed by atoms with van der Waals surface area (Å²) in [5.41, 5.74) is 2.71. The molecule has 1 saturated heterocycles. The standard InChI is InChI=1S/C19H25N5O2/c1-20-18(25)14-6-4-13(5-7-14)11-23(2)19(26)17-10-21-9-16(17)15-8-22-24(3)12-15/h4-8,12,16-17,21H,9-11H2,1-3H3,(H,20,25)/t16-,17+/m1/s1. The van der Waals surface area contributed by atoms with Gasteiger partial charge < -0.3 is 15.5 Å². The van der Waals surface area contributed by atoms with E-state index in [9.17, 15) is 9.59 Å². The third-order valence-electron chi connectivity index (χ3n) is 4.92. The Morgan fingerprint density at radius 2 is 2.04 bits per heavy atom. The smallest absolute Gasteiger partial charge is 0.251 e. The fourth-order valence-electron chi connectivity index (χ4n) is 3.46. The molecule has 138 valence electrons. The predicted octanol–water partition coefficient (Wildman–Crippen LogP) is 0.741. The first kappa shape index (κ1) is 18.1. The first-order valence-corrected chi connectivity index (χ1v) is 8.75. The van der Waals surface area contributed by atoms with Gasteiger partial charge in [0.15, 0.2) is 0 Å². The molecule has 2 atom stereocenters. The van der Waals surface area contributed by atoms with Gasteiger partial charge in [0.05, 0.1) is 12.1 Å². The molecule has 0 aliphatic carbocycles. The van der Waals surface area contributed by atoms with Gasteiger partial charge >= 0.3 is 0 Å². The highest BCUT2D eigenvalue weighted by molar-refractivity contribution is 5.93. The first-order chi connectivity index (χ1) is 12.5. The van der Waals surface area contributed by atoms with Crippen molar-refractivity contribution in [2.24, 2.45) is 13.0 Å². The van der Waals surface area contributed by atoms with Gasteiger partial charge in [-0.05, 0) is 23.3 Å². The number of nitrogens with one attached hydrogen (secondary N) is 2. The van der Waals surface area contributed by atoms with Gasteiger partial charge in [-0.1, -0.05) is 12.1 Å². The molecule has 1 aromatic heterocycles. The van der Waals surface area contributed by atoms with Crippen molar-refractivity contribution in [1.82, 2.24) is 25.3 Å². The van der Waals surface area contributed by atoms with Crippen LogP contribution in [0.2, 0.25) is 0 Å². The number of aromatic nitrogens is 2. The molecule has 2 aromatic rings. The number of aryl methyl sites for hydroxylation is 1. The van der Waals surface area contributed by atoms with E-state index in [0.29, 0.717) is 18.7 Å². The largest absolute Gasteiger partial charge is 0.355 e. The van der Waals surface area contributed by atoms with E-state index in [0.717, 1.165) is 17.7 Å². The molecule has 0 saturated carbocycles. The highest BCUT2D eigenvalue weighted by Gasteiger charge is 2.36. The minimum Gasteiger partial charge on any atom is -0.355 e. The number of rotatable bonds is 5. The highest BCUT2D eigenvalue weighted by atomic mass is 16.2. The van der Waals surface area contributed by atoms with Crippen molar-refractivity contribution < 1.29 is 9.59 Å². The summed E-state index contributed by atoms with van der Waals surface area (Å²) in [6.07, 6.45) is 3.82. The number of benzene rings is 1. The third-order valence-corrected chi connectivity index (χ3v) is 4.92. The maximum absolute atomic E-state index is 13.0. The highest BCUT2D eigenvalue weighted by Crippen LogP contribution is 2.29. The average Bonchev–Trinajstić information content (AvgIpc) is 3.29. The number of hydrogen-bond acceptors (Lipinski definition) is 4. The number of carbonyl (C=O) groups excluding carboxylic acids is 2. The van der Waals surface area contributed by atoms with E-state index in [1.54, 1.807) is 28.8 Å². The van der Waals surface area contributed by atoms with Crippen molar-refractivity contribution in [2.75, 3.05) is 27.2 Å². The topological polar surface area (TPSA) is 79.3 Å². The minimum atomic E-state index is -0.114. The zero-order valence-corrected chi connectivity index (χ0v) is 15.4. The first-order valence-electron chi connectivity index (χ1n) is 8.75. The van der Waals surface area contributed by atoms with Crippen molar-refractivity contribution in [2.45, 2.75) is 12.5 Å². The summed E-state index contributed by atoms with van der Waals surface area (Å²) in [5.74, 6) is 0.0696. The van der Waals surface area contributed by atoms with Gasteiger partial charge in [-0.2, -0.15) is 5.10 Å². The van der Waals surface area contributed by atoms with Crippen LogP contribution in [-0.4, -0.2) is 53.7 Å². The van der Waals surface area contributed by atoms with Crippen molar-refractivity contribution in [1.29, 1.82) is 0 Å².